The summed E-state index contributed by atoms with van der Waals surface area (Å²) in [6.45, 7) is 4.29. The van der Waals surface area contributed by atoms with Gasteiger partial charge in [-0.15, -0.1) is 0 Å². The molecule has 1 heterocycles. The molecule has 0 aliphatic carbocycles. The number of rotatable bonds is 5. The number of carbonyl (C=O) groups excluding carboxylic acids is 2. The summed E-state index contributed by atoms with van der Waals surface area (Å²) >= 11 is 0. The van der Waals surface area contributed by atoms with Crippen molar-refractivity contribution in [3.63, 3.8) is 0 Å². The first-order chi connectivity index (χ1) is 10.0. The van der Waals surface area contributed by atoms with E-state index in [9.17, 15) is 14.0 Å². The Morgan fingerprint density at radius 2 is 2.10 bits per heavy atom. The van der Waals surface area contributed by atoms with Gasteiger partial charge in [-0.3, -0.25) is 9.59 Å². The first kappa shape index (κ1) is 15.5. The van der Waals surface area contributed by atoms with Gasteiger partial charge in [0.1, 0.15) is 11.9 Å². The third-order valence-corrected chi connectivity index (χ3v) is 3.90. The molecule has 1 fully saturated rings. The van der Waals surface area contributed by atoms with Crippen LogP contribution in [0.2, 0.25) is 0 Å². The van der Waals surface area contributed by atoms with Gasteiger partial charge >= 0.3 is 0 Å². The zero-order valence-corrected chi connectivity index (χ0v) is 12.4. The smallest absolute Gasteiger partial charge is 0.243 e. The molecule has 1 aliphatic heterocycles. The summed E-state index contributed by atoms with van der Waals surface area (Å²) in [5, 5.41) is 2.92. The summed E-state index contributed by atoms with van der Waals surface area (Å²) in [5.74, 6) is -0.432. The average molecular weight is 292 g/mol. The molecule has 5 heteroatoms. The molecule has 0 radical (unpaired) electrons. The van der Waals surface area contributed by atoms with Gasteiger partial charge in [0.25, 0.3) is 0 Å². The number of nitrogens with zero attached hydrogens (tertiary/aromatic N) is 1. The van der Waals surface area contributed by atoms with E-state index in [0.717, 1.165) is 12.0 Å². The second kappa shape index (κ2) is 6.70. The molecule has 0 aromatic heterocycles. The van der Waals surface area contributed by atoms with Gasteiger partial charge in [-0.25, -0.2) is 4.39 Å². The Bertz CT molecular complexity index is 516. The van der Waals surface area contributed by atoms with Gasteiger partial charge in [0.15, 0.2) is 0 Å². The number of carbonyl (C=O) groups is 2. The van der Waals surface area contributed by atoms with Crippen molar-refractivity contribution in [2.45, 2.75) is 51.7 Å². The van der Waals surface area contributed by atoms with Gasteiger partial charge in [-0.2, -0.15) is 0 Å². The number of benzene rings is 1. The Hall–Kier alpha value is -1.91. The first-order valence-corrected chi connectivity index (χ1v) is 7.35. The van der Waals surface area contributed by atoms with E-state index in [1.165, 1.54) is 12.1 Å². The summed E-state index contributed by atoms with van der Waals surface area (Å²) in [6.07, 6.45) is 1.78. The van der Waals surface area contributed by atoms with Crippen LogP contribution in [-0.2, 0) is 16.1 Å². The number of amides is 2. The molecule has 1 aromatic carbocycles. The molecule has 0 saturated carbocycles. The molecule has 1 aromatic rings. The molecular weight excluding hydrogens is 271 g/mol. The summed E-state index contributed by atoms with van der Waals surface area (Å²) in [7, 11) is 0. The van der Waals surface area contributed by atoms with E-state index in [-0.39, 0.29) is 23.7 Å². The molecule has 21 heavy (non-hydrogen) atoms. The highest BCUT2D eigenvalue weighted by atomic mass is 19.1. The lowest BCUT2D eigenvalue weighted by Crippen LogP contribution is -2.46. The van der Waals surface area contributed by atoms with Crippen molar-refractivity contribution < 1.29 is 14.0 Å². The highest BCUT2D eigenvalue weighted by Gasteiger charge is 2.36. The van der Waals surface area contributed by atoms with Crippen LogP contribution in [0.25, 0.3) is 0 Å². The standard InChI is InChI=1S/C16H21FN2O2/c1-3-11(2)18-16(21)14-8-9-15(20)19(14)10-12-4-6-13(17)7-5-12/h4-7,11,14H,3,8-10H2,1-2H3,(H,18,21). The maximum atomic E-state index is 12.9. The normalized spacial score (nSPS) is 19.7. The van der Waals surface area contributed by atoms with Crippen molar-refractivity contribution in [1.82, 2.24) is 10.2 Å². The third kappa shape index (κ3) is 3.80. The quantitative estimate of drug-likeness (QED) is 0.904. The summed E-state index contributed by atoms with van der Waals surface area (Å²) in [4.78, 5) is 25.8. The SMILES string of the molecule is CCC(C)NC(=O)C1CCC(=O)N1Cc1ccc(F)cc1. The largest absolute Gasteiger partial charge is 0.352 e. The molecular formula is C16H21FN2O2. The Labute approximate surface area is 124 Å². The lowest BCUT2D eigenvalue weighted by molar-refractivity contribution is -0.136. The van der Waals surface area contributed by atoms with Gasteiger partial charge in [0.2, 0.25) is 11.8 Å². The molecule has 2 rings (SSSR count). The molecule has 1 aliphatic rings. The van der Waals surface area contributed by atoms with Crippen molar-refractivity contribution in [2.24, 2.45) is 0 Å². The molecule has 2 atom stereocenters. The van der Waals surface area contributed by atoms with Gasteiger partial charge in [0, 0.05) is 19.0 Å². The Balaban J connectivity index is 2.06. The third-order valence-electron chi connectivity index (χ3n) is 3.90. The predicted molar refractivity (Wildman–Crippen MR) is 77.9 cm³/mol. The highest BCUT2D eigenvalue weighted by molar-refractivity contribution is 5.91. The van der Waals surface area contributed by atoms with Crippen LogP contribution in [0.3, 0.4) is 0 Å². The van der Waals surface area contributed by atoms with Crippen LogP contribution in [0.4, 0.5) is 4.39 Å². The van der Waals surface area contributed by atoms with E-state index < -0.39 is 6.04 Å². The van der Waals surface area contributed by atoms with Gasteiger partial charge in [-0.05, 0) is 37.5 Å². The molecule has 0 bridgehead atoms. The second-order valence-corrected chi connectivity index (χ2v) is 5.52. The zero-order chi connectivity index (χ0) is 15.4. The van der Waals surface area contributed by atoms with Gasteiger partial charge in [-0.1, -0.05) is 19.1 Å². The van der Waals surface area contributed by atoms with Crippen LogP contribution in [-0.4, -0.2) is 28.8 Å². The fraction of sp³-hybridized carbons (Fsp3) is 0.500. The van der Waals surface area contributed by atoms with Crippen molar-refractivity contribution in [3.8, 4) is 0 Å². The van der Waals surface area contributed by atoms with E-state index in [2.05, 4.69) is 5.32 Å². The number of nitrogens with one attached hydrogen (secondary N) is 1. The molecule has 4 nitrogen and oxygen atoms in total. The number of hydrogen-bond donors (Lipinski definition) is 1. The Morgan fingerprint density at radius 1 is 1.43 bits per heavy atom. The van der Waals surface area contributed by atoms with Crippen molar-refractivity contribution in [3.05, 3.63) is 35.6 Å². The maximum absolute atomic E-state index is 12.9. The predicted octanol–water partition coefficient (Wildman–Crippen LogP) is 2.23. The van der Waals surface area contributed by atoms with E-state index >= 15 is 0 Å². The minimum absolute atomic E-state index is 0.0244. The lowest BCUT2D eigenvalue weighted by atomic mass is 10.1. The maximum Gasteiger partial charge on any atom is 0.243 e. The monoisotopic (exact) mass is 292 g/mol. The van der Waals surface area contributed by atoms with E-state index in [1.807, 2.05) is 13.8 Å². The van der Waals surface area contributed by atoms with Crippen molar-refractivity contribution >= 4 is 11.8 Å². The zero-order valence-electron chi connectivity index (χ0n) is 12.4. The van der Waals surface area contributed by atoms with E-state index in [1.54, 1.807) is 17.0 Å². The fourth-order valence-electron chi connectivity index (χ4n) is 2.43. The van der Waals surface area contributed by atoms with Crippen molar-refractivity contribution in [2.75, 3.05) is 0 Å². The fourth-order valence-corrected chi connectivity index (χ4v) is 2.43. The van der Waals surface area contributed by atoms with Crippen LogP contribution in [0.5, 0.6) is 0 Å². The van der Waals surface area contributed by atoms with Crippen LogP contribution in [0.1, 0.15) is 38.7 Å². The van der Waals surface area contributed by atoms with Crippen LogP contribution in [0, 0.1) is 5.82 Å². The molecule has 1 saturated heterocycles. The minimum Gasteiger partial charge on any atom is -0.352 e. The van der Waals surface area contributed by atoms with Crippen LogP contribution < -0.4 is 5.32 Å². The molecule has 2 unspecified atom stereocenters. The average Bonchev–Trinajstić information content (AvgIpc) is 2.82. The van der Waals surface area contributed by atoms with Crippen LogP contribution in [0.15, 0.2) is 24.3 Å². The Morgan fingerprint density at radius 3 is 2.71 bits per heavy atom. The van der Waals surface area contributed by atoms with Crippen LogP contribution >= 0.6 is 0 Å². The topological polar surface area (TPSA) is 49.4 Å². The van der Waals surface area contributed by atoms with Gasteiger partial charge in [0.05, 0.1) is 0 Å². The highest BCUT2D eigenvalue weighted by Crippen LogP contribution is 2.22. The second-order valence-electron chi connectivity index (χ2n) is 5.52. The lowest BCUT2D eigenvalue weighted by Gasteiger charge is -2.25. The van der Waals surface area contributed by atoms with E-state index in [0.29, 0.717) is 19.4 Å². The molecule has 1 N–H and O–H groups in total. The van der Waals surface area contributed by atoms with Gasteiger partial charge < -0.3 is 10.2 Å². The number of halogens is 1. The van der Waals surface area contributed by atoms with E-state index in [4.69, 9.17) is 0 Å². The molecule has 2 amide bonds. The number of likely N-dealkylation sites (tertiary alicyclic amines) is 1. The molecule has 114 valence electrons. The summed E-state index contributed by atoms with van der Waals surface area (Å²) in [5.41, 5.74) is 0.827. The Kier molecular flexibility index (Phi) is 4.94. The summed E-state index contributed by atoms with van der Waals surface area (Å²) < 4.78 is 12.9. The summed E-state index contributed by atoms with van der Waals surface area (Å²) in [6, 6.07) is 5.70. The van der Waals surface area contributed by atoms with Crippen molar-refractivity contribution in [1.29, 1.82) is 0 Å². The number of hydrogen-bond acceptors (Lipinski definition) is 2. The minimum atomic E-state index is -0.420. The molecule has 0 spiro atoms. The first-order valence-electron chi connectivity index (χ1n) is 7.35.